The molecular weight excluding hydrogens is 407 g/mol. The van der Waals surface area contributed by atoms with Crippen LogP contribution in [0, 0.1) is 12.7 Å². The van der Waals surface area contributed by atoms with Crippen LogP contribution >= 0.6 is 0 Å². The van der Waals surface area contributed by atoms with Crippen LogP contribution in [0.5, 0.6) is 0 Å². The number of nitrogens with zero attached hydrogens (tertiary/aromatic N) is 2. The topological polar surface area (TPSA) is 112 Å². The molecule has 4 aromatic rings. The smallest absolute Gasteiger partial charge is 0.229 e. The quantitative estimate of drug-likeness (QED) is 0.366. The third-order valence-electron chi connectivity index (χ3n) is 4.21. The molecule has 0 aliphatic rings. The third-order valence-corrected chi connectivity index (χ3v) is 4.82. The number of H-pyrrole nitrogens is 1. The maximum absolute atomic E-state index is 14.8. The van der Waals surface area contributed by atoms with Gasteiger partial charge in [-0.1, -0.05) is 6.07 Å². The van der Waals surface area contributed by atoms with Gasteiger partial charge in [-0.3, -0.25) is 4.72 Å². The highest BCUT2D eigenvalue weighted by atomic mass is 32.2. The number of fused-ring (bicyclic) bond motifs is 1. The van der Waals surface area contributed by atoms with E-state index in [1.165, 1.54) is 6.20 Å². The Hall–Kier alpha value is -3.66. The molecule has 10 heteroatoms. The zero-order chi connectivity index (χ0) is 21.3. The Morgan fingerprint density at radius 2 is 1.83 bits per heavy atom. The summed E-state index contributed by atoms with van der Waals surface area (Å²) in [7, 11) is -3.38. The van der Waals surface area contributed by atoms with E-state index in [9.17, 15) is 12.8 Å². The van der Waals surface area contributed by atoms with E-state index in [1.807, 2.05) is 6.92 Å². The maximum atomic E-state index is 14.8. The van der Waals surface area contributed by atoms with Crippen LogP contribution in [0.2, 0.25) is 0 Å². The first-order valence-electron chi connectivity index (χ1n) is 9.00. The standard InChI is InChI=1S/C20H19FN6O2S/c1-12-10-15-16(23-12)6-7-17(19(15)21)25-18-8-9-22-20(26-18)24-13-4-3-5-14(11-13)27-30(2,28)29/h3-11,23,27H,1-2H3,(H2,22,24,25,26). The predicted octanol–water partition coefficient (Wildman–Crippen LogP) is 4.26. The van der Waals surface area contributed by atoms with E-state index >= 15 is 0 Å². The molecule has 8 nitrogen and oxygen atoms in total. The van der Waals surface area contributed by atoms with Crippen molar-refractivity contribution in [2.24, 2.45) is 0 Å². The zero-order valence-electron chi connectivity index (χ0n) is 16.2. The highest BCUT2D eigenvalue weighted by Crippen LogP contribution is 2.27. The molecule has 2 aromatic carbocycles. The van der Waals surface area contributed by atoms with Gasteiger partial charge in [0.25, 0.3) is 0 Å². The molecule has 0 aliphatic heterocycles. The largest absolute Gasteiger partial charge is 0.359 e. The van der Waals surface area contributed by atoms with Crippen molar-refractivity contribution in [3.05, 3.63) is 66.2 Å². The molecule has 2 aromatic heterocycles. The predicted molar refractivity (Wildman–Crippen MR) is 116 cm³/mol. The van der Waals surface area contributed by atoms with Crippen LogP contribution < -0.4 is 15.4 Å². The minimum absolute atomic E-state index is 0.274. The first kappa shape index (κ1) is 19.6. The van der Waals surface area contributed by atoms with Gasteiger partial charge in [0.15, 0.2) is 5.82 Å². The maximum Gasteiger partial charge on any atom is 0.229 e. The Balaban J connectivity index is 1.55. The fraction of sp³-hybridized carbons (Fsp3) is 0.100. The van der Waals surface area contributed by atoms with Crippen LogP contribution in [0.3, 0.4) is 0 Å². The normalized spacial score (nSPS) is 11.4. The lowest BCUT2D eigenvalue weighted by Crippen LogP contribution is -2.09. The molecule has 2 heterocycles. The number of hydrogen-bond acceptors (Lipinski definition) is 6. The summed E-state index contributed by atoms with van der Waals surface area (Å²) < 4.78 is 40.0. The minimum Gasteiger partial charge on any atom is -0.359 e. The molecular formula is C20H19FN6O2S. The van der Waals surface area contributed by atoms with Gasteiger partial charge in [0.05, 0.1) is 17.6 Å². The van der Waals surface area contributed by atoms with Gasteiger partial charge in [-0.05, 0) is 49.4 Å². The molecule has 0 radical (unpaired) electrons. The Labute approximate surface area is 172 Å². The van der Waals surface area contributed by atoms with Crippen molar-refractivity contribution in [1.29, 1.82) is 0 Å². The molecule has 0 aliphatic carbocycles. The van der Waals surface area contributed by atoms with Gasteiger partial charge in [0.1, 0.15) is 5.82 Å². The highest BCUT2D eigenvalue weighted by Gasteiger charge is 2.11. The average molecular weight is 426 g/mol. The summed E-state index contributed by atoms with van der Waals surface area (Å²) in [6, 6.07) is 13.5. The van der Waals surface area contributed by atoms with E-state index < -0.39 is 10.0 Å². The van der Waals surface area contributed by atoms with Gasteiger partial charge in [-0.2, -0.15) is 4.98 Å². The van der Waals surface area contributed by atoms with Gasteiger partial charge in [0.2, 0.25) is 16.0 Å². The lowest BCUT2D eigenvalue weighted by molar-refractivity contribution is 0.607. The van der Waals surface area contributed by atoms with Crippen molar-refractivity contribution in [2.45, 2.75) is 6.92 Å². The summed E-state index contributed by atoms with van der Waals surface area (Å²) in [5.74, 6) is 0.309. The van der Waals surface area contributed by atoms with E-state index in [4.69, 9.17) is 0 Å². The van der Waals surface area contributed by atoms with Crippen LogP contribution in [0.1, 0.15) is 5.69 Å². The first-order chi connectivity index (χ1) is 14.3. The van der Waals surface area contributed by atoms with Crippen LogP contribution in [0.15, 0.2) is 54.7 Å². The van der Waals surface area contributed by atoms with Crippen molar-refractivity contribution in [2.75, 3.05) is 21.6 Å². The van der Waals surface area contributed by atoms with Gasteiger partial charge in [-0.15, -0.1) is 0 Å². The van der Waals surface area contributed by atoms with E-state index in [0.717, 1.165) is 17.5 Å². The molecule has 0 amide bonds. The Bertz CT molecular complexity index is 1340. The summed E-state index contributed by atoms with van der Waals surface area (Å²) in [6.07, 6.45) is 2.61. The van der Waals surface area contributed by atoms with E-state index in [-0.39, 0.29) is 11.8 Å². The second-order valence-corrected chi connectivity index (χ2v) is 8.56. The first-order valence-corrected chi connectivity index (χ1v) is 10.9. The summed E-state index contributed by atoms with van der Waals surface area (Å²) in [4.78, 5) is 11.6. The number of aryl methyl sites for hydroxylation is 1. The van der Waals surface area contributed by atoms with Crippen LogP contribution in [-0.2, 0) is 10.0 Å². The number of aromatic nitrogens is 3. The lowest BCUT2D eigenvalue weighted by Gasteiger charge is -2.10. The molecule has 0 atom stereocenters. The number of sulfonamides is 1. The Kier molecular flexibility index (Phi) is 5.00. The molecule has 0 unspecified atom stereocenters. The molecule has 0 bridgehead atoms. The van der Waals surface area contributed by atoms with Crippen LogP contribution in [0.25, 0.3) is 10.9 Å². The molecule has 0 saturated heterocycles. The number of rotatable bonds is 6. The highest BCUT2D eigenvalue weighted by molar-refractivity contribution is 7.92. The SMILES string of the molecule is Cc1cc2c(F)c(Nc3ccnc(Nc4cccc(NS(C)(=O)=O)c4)n3)ccc2[nH]1. The van der Waals surface area contributed by atoms with E-state index in [2.05, 4.69) is 30.3 Å². The van der Waals surface area contributed by atoms with Crippen molar-refractivity contribution in [3.8, 4) is 0 Å². The zero-order valence-corrected chi connectivity index (χ0v) is 17.0. The second-order valence-electron chi connectivity index (χ2n) is 6.81. The molecule has 0 spiro atoms. The summed E-state index contributed by atoms with van der Waals surface area (Å²) in [5, 5.41) is 6.48. The lowest BCUT2D eigenvalue weighted by atomic mass is 10.2. The van der Waals surface area contributed by atoms with Crippen molar-refractivity contribution < 1.29 is 12.8 Å². The van der Waals surface area contributed by atoms with Gasteiger partial charge >= 0.3 is 0 Å². The molecule has 30 heavy (non-hydrogen) atoms. The van der Waals surface area contributed by atoms with Gasteiger partial charge in [0, 0.05) is 28.5 Å². The average Bonchev–Trinajstić information content (AvgIpc) is 3.05. The van der Waals surface area contributed by atoms with Crippen molar-refractivity contribution >= 4 is 49.8 Å². The number of nitrogens with one attached hydrogen (secondary N) is 4. The molecule has 4 N–H and O–H groups in total. The Morgan fingerprint density at radius 3 is 2.63 bits per heavy atom. The van der Waals surface area contributed by atoms with E-state index in [0.29, 0.717) is 28.3 Å². The molecule has 4 rings (SSSR count). The number of benzene rings is 2. The van der Waals surface area contributed by atoms with Crippen LogP contribution in [0.4, 0.5) is 33.2 Å². The van der Waals surface area contributed by atoms with E-state index in [1.54, 1.807) is 48.5 Å². The second kappa shape index (κ2) is 7.64. The fourth-order valence-corrected chi connectivity index (χ4v) is 3.59. The molecule has 0 saturated carbocycles. The summed E-state index contributed by atoms with van der Waals surface area (Å²) in [5.41, 5.74) is 2.90. The molecule has 0 fully saturated rings. The van der Waals surface area contributed by atoms with Crippen molar-refractivity contribution in [3.63, 3.8) is 0 Å². The fourth-order valence-electron chi connectivity index (χ4n) is 3.03. The van der Waals surface area contributed by atoms with Gasteiger partial charge in [-0.25, -0.2) is 17.8 Å². The number of anilines is 5. The van der Waals surface area contributed by atoms with Crippen molar-refractivity contribution in [1.82, 2.24) is 15.0 Å². The number of hydrogen-bond donors (Lipinski definition) is 4. The monoisotopic (exact) mass is 426 g/mol. The summed E-state index contributed by atoms with van der Waals surface area (Å²) in [6.45, 7) is 1.87. The van der Waals surface area contributed by atoms with Crippen LogP contribution in [-0.4, -0.2) is 29.6 Å². The number of halogens is 1. The minimum atomic E-state index is -3.38. The Morgan fingerprint density at radius 1 is 1.03 bits per heavy atom. The third kappa shape index (κ3) is 4.49. The summed E-state index contributed by atoms with van der Waals surface area (Å²) >= 11 is 0. The number of aromatic amines is 1. The van der Waals surface area contributed by atoms with Gasteiger partial charge < -0.3 is 15.6 Å². The molecule has 154 valence electrons.